The molecule has 3 nitrogen and oxygen atoms in total. The van der Waals surface area contributed by atoms with Gasteiger partial charge in [0.05, 0.1) is 18.2 Å². The van der Waals surface area contributed by atoms with Crippen molar-refractivity contribution in [1.82, 2.24) is 0 Å². The molecule has 3 rings (SSSR count). The van der Waals surface area contributed by atoms with Gasteiger partial charge in [-0.1, -0.05) is 25.4 Å². The minimum Gasteiger partial charge on any atom is -0.489 e. The number of ether oxygens (including phenoxy) is 2. The van der Waals surface area contributed by atoms with Crippen molar-refractivity contribution in [3.05, 3.63) is 22.2 Å². The first kappa shape index (κ1) is 14.0. The summed E-state index contributed by atoms with van der Waals surface area (Å²) in [5.74, 6) is 1.92. The van der Waals surface area contributed by atoms with Gasteiger partial charge in [0.1, 0.15) is 0 Å². The normalized spacial score (nSPS) is 19.9. The molecule has 1 aromatic rings. The third kappa shape index (κ3) is 2.17. The summed E-state index contributed by atoms with van der Waals surface area (Å²) in [5, 5.41) is 0.654. The largest absolute Gasteiger partial charge is 0.489 e. The van der Waals surface area contributed by atoms with Crippen molar-refractivity contribution in [2.75, 3.05) is 19.8 Å². The number of rotatable bonds is 3. The third-order valence-corrected chi connectivity index (χ3v) is 4.68. The Labute approximate surface area is 125 Å². The molecule has 0 spiro atoms. The second-order valence-electron chi connectivity index (χ2n) is 6.17. The van der Waals surface area contributed by atoms with Crippen LogP contribution in [0.5, 0.6) is 11.5 Å². The van der Waals surface area contributed by atoms with Crippen LogP contribution in [0.1, 0.15) is 50.2 Å². The van der Waals surface area contributed by atoms with E-state index in [1.165, 1.54) is 11.1 Å². The fraction of sp³-hybridized carbons (Fsp3) is 0.625. The van der Waals surface area contributed by atoms with Crippen LogP contribution in [0.25, 0.3) is 0 Å². The molecule has 0 saturated heterocycles. The number of halogens is 1. The van der Waals surface area contributed by atoms with Gasteiger partial charge in [-0.05, 0) is 30.4 Å². The highest BCUT2D eigenvalue weighted by Gasteiger charge is 2.46. The molecule has 2 aliphatic rings. The first-order chi connectivity index (χ1) is 9.59. The third-order valence-electron chi connectivity index (χ3n) is 4.40. The zero-order chi connectivity index (χ0) is 14.3. The van der Waals surface area contributed by atoms with Gasteiger partial charge >= 0.3 is 0 Å². The first-order valence-corrected chi connectivity index (χ1v) is 7.79. The van der Waals surface area contributed by atoms with Gasteiger partial charge in [0.25, 0.3) is 0 Å². The van der Waals surface area contributed by atoms with Crippen molar-refractivity contribution >= 4 is 11.6 Å². The first-order valence-electron chi connectivity index (χ1n) is 7.41. The van der Waals surface area contributed by atoms with Gasteiger partial charge in [0.2, 0.25) is 0 Å². The van der Waals surface area contributed by atoms with E-state index in [0.29, 0.717) is 36.4 Å². The molecule has 20 heavy (non-hydrogen) atoms. The lowest BCUT2D eigenvalue weighted by Crippen LogP contribution is -2.22. The van der Waals surface area contributed by atoms with Crippen LogP contribution >= 0.6 is 11.6 Å². The molecule has 110 valence electrons. The monoisotopic (exact) mass is 295 g/mol. The molecular weight excluding hydrogens is 274 g/mol. The molecule has 1 heterocycles. The van der Waals surface area contributed by atoms with Gasteiger partial charge in [0, 0.05) is 23.9 Å². The Hall–Kier alpha value is -0.930. The maximum atomic E-state index is 6.44. The molecular formula is C16H22ClNO2. The second-order valence-corrected chi connectivity index (χ2v) is 6.57. The fourth-order valence-electron chi connectivity index (χ4n) is 3.05. The Kier molecular flexibility index (Phi) is 3.59. The summed E-state index contributed by atoms with van der Waals surface area (Å²) in [6.45, 7) is 6.39. The highest BCUT2D eigenvalue weighted by molar-refractivity contribution is 6.32. The quantitative estimate of drug-likeness (QED) is 0.926. The summed E-state index contributed by atoms with van der Waals surface area (Å²) >= 11 is 6.44. The molecule has 0 atom stereocenters. The van der Waals surface area contributed by atoms with Crippen molar-refractivity contribution in [3.8, 4) is 11.5 Å². The molecule has 1 fully saturated rings. The van der Waals surface area contributed by atoms with Crippen LogP contribution < -0.4 is 15.2 Å². The average Bonchev–Trinajstić information content (AvgIpc) is 3.22. The van der Waals surface area contributed by atoms with E-state index < -0.39 is 0 Å². The number of nitrogens with two attached hydrogens (primary N) is 1. The van der Waals surface area contributed by atoms with Crippen LogP contribution in [0.2, 0.25) is 5.02 Å². The summed E-state index contributed by atoms with van der Waals surface area (Å²) < 4.78 is 11.8. The van der Waals surface area contributed by atoms with Crippen LogP contribution in [0, 0.1) is 0 Å². The second kappa shape index (κ2) is 5.12. The summed E-state index contributed by atoms with van der Waals surface area (Å²) in [4.78, 5) is 0. The van der Waals surface area contributed by atoms with Crippen LogP contribution in [-0.4, -0.2) is 19.8 Å². The maximum Gasteiger partial charge on any atom is 0.180 e. The number of benzene rings is 1. The van der Waals surface area contributed by atoms with Gasteiger partial charge in [-0.15, -0.1) is 0 Å². The van der Waals surface area contributed by atoms with Crippen LogP contribution in [0.4, 0.5) is 0 Å². The highest BCUT2D eigenvalue weighted by atomic mass is 35.5. The molecule has 0 aromatic heterocycles. The average molecular weight is 296 g/mol. The molecule has 0 radical (unpaired) electrons. The van der Waals surface area contributed by atoms with E-state index in [-0.39, 0.29) is 5.41 Å². The minimum atomic E-state index is 0.105. The minimum absolute atomic E-state index is 0.105. The van der Waals surface area contributed by atoms with E-state index >= 15 is 0 Å². The van der Waals surface area contributed by atoms with E-state index in [4.69, 9.17) is 26.8 Å². The summed E-state index contributed by atoms with van der Waals surface area (Å²) in [5.41, 5.74) is 8.62. The van der Waals surface area contributed by atoms with E-state index in [0.717, 1.165) is 25.0 Å². The van der Waals surface area contributed by atoms with Crippen LogP contribution in [-0.2, 0) is 5.41 Å². The van der Waals surface area contributed by atoms with Crippen LogP contribution in [0.15, 0.2) is 6.07 Å². The van der Waals surface area contributed by atoms with Gasteiger partial charge in [-0.3, -0.25) is 0 Å². The maximum absolute atomic E-state index is 6.44. The zero-order valence-electron chi connectivity index (χ0n) is 12.2. The molecule has 1 saturated carbocycles. The standard InChI is InChI=1S/C16H22ClNO2/c1-10(2)13-11(16(9-18)4-5-16)8-12(17)14-15(13)20-7-3-6-19-14/h8,10H,3-7,9,18H2,1-2H3. The predicted molar refractivity (Wildman–Crippen MR) is 81.1 cm³/mol. The zero-order valence-corrected chi connectivity index (χ0v) is 12.9. The Morgan fingerprint density at radius 1 is 1.25 bits per heavy atom. The summed E-state index contributed by atoms with van der Waals surface area (Å²) in [7, 11) is 0. The molecule has 1 aliphatic carbocycles. The molecule has 0 amide bonds. The SMILES string of the molecule is CC(C)c1c(C2(CN)CC2)cc(Cl)c2c1OCCCO2. The summed E-state index contributed by atoms with van der Waals surface area (Å²) in [6, 6.07) is 2.06. The van der Waals surface area contributed by atoms with E-state index in [2.05, 4.69) is 19.9 Å². The predicted octanol–water partition coefficient (Wildman–Crippen LogP) is 3.62. The van der Waals surface area contributed by atoms with Crippen LogP contribution in [0.3, 0.4) is 0 Å². The van der Waals surface area contributed by atoms with Gasteiger partial charge < -0.3 is 15.2 Å². The molecule has 2 N–H and O–H groups in total. The Balaban J connectivity index is 2.20. The smallest absolute Gasteiger partial charge is 0.180 e. The Bertz CT molecular complexity index is 524. The van der Waals surface area contributed by atoms with E-state index in [9.17, 15) is 0 Å². The molecule has 0 bridgehead atoms. The molecule has 1 aromatic carbocycles. The van der Waals surface area contributed by atoms with Crippen molar-refractivity contribution < 1.29 is 9.47 Å². The van der Waals surface area contributed by atoms with Crippen molar-refractivity contribution in [1.29, 1.82) is 0 Å². The van der Waals surface area contributed by atoms with Gasteiger partial charge in [-0.25, -0.2) is 0 Å². The lowest BCUT2D eigenvalue weighted by atomic mass is 9.85. The lowest BCUT2D eigenvalue weighted by Gasteiger charge is -2.25. The van der Waals surface area contributed by atoms with E-state index in [1.54, 1.807) is 0 Å². The number of hydrogen-bond donors (Lipinski definition) is 1. The summed E-state index contributed by atoms with van der Waals surface area (Å²) in [6.07, 6.45) is 3.16. The van der Waals surface area contributed by atoms with Crippen molar-refractivity contribution in [2.45, 2.75) is 44.4 Å². The molecule has 0 unspecified atom stereocenters. The Morgan fingerprint density at radius 3 is 2.45 bits per heavy atom. The lowest BCUT2D eigenvalue weighted by molar-refractivity contribution is 0.295. The molecule has 1 aliphatic heterocycles. The van der Waals surface area contributed by atoms with Crippen molar-refractivity contribution in [3.63, 3.8) is 0 Å². The van der Waals surface area contributed by atoms with Crippen molar-refractivity contribution in [2.24, 2.45) is 5.73 Å². The molecule has 4 heteroatoms. The highest BCUT2D eigenvalue weighted by Crippen LogP contribution is 2.55. The Morgan fingerprint density at radius 2 is 1.90 bits per heavy atom. The number of fused-ring (bicyclic) bond motifs is 1. The van der Waals surface area contributed by atoms with Gasteiger partial charge in [0.15, 0.2) is 11.5 Å². The fourth-order valence-corrected chi connectivity index (χ4v) is 3.30. The van der Waals surface area contributed by atoms with Gasteiger partial charge in [-0.2, -0.15) is 0 Å². The van der Waals surface area contributed by atoms with E-state index in [1.807, 2.05) is 0 Å². The number of hydrogen-bond acceptors (Lipinski definition) is 3. The topological polar surface area (TPSA) is 44.5 Å².